The molecule has 0 spiro atoms. The Balaban J connectivity index is 2.05. The van der Waals surface area contributed by atoms with Crippen LogP contribution < -0.4 is 5.32 Å². The molecule has 0 bridgehead atoms. The summed E-state index contributed by atoms with van der Waals surface area (Å²) in [5.41, 5.74) is 2.45. The molecule has 2 aromatic rings. The van der Waals surface area contributed by atoms with Crippen molar-refractivity contribution in [2.75, 3.05) is 6.54 Å². The molecule has 0 radical (unpaired) electrons. The van der Waals surface area contributed by atoms with E-state index in [4.69, 9.17) is 0 Å². The SMILES string of the molecule is CC(C)(C)NCCn1cnc2ccccc21. The monoisotopic (exact) mass is 217 g/mol. The van der Waals surface area contributed by atoms with Gasteiger partial charge >= 0.3 is 0 Å². The van der Waals surface area contributed by atoms with Gasteiger partial charge in [0.05, 0.1) is 17.4 Å². The molecular weight excluding hydrogens is 198 g/mol. The van der Waals surface area contributed by atoms with Gasteiger partial charge in [0.15, 0.2) is 0 Å². The molecule has 1 aromatic carbocycles. The Morgan fingerprint density at radius 1 is 1.25 bits per heavy atom. The molecule has 0 atom stereocenters. The van der Waals surface area contributed by atoms with Crippen LogP contribution in [0.2, 0.25) is 0 Å². The van der Waals surface area contributed by atoms with Crippen LogP contribution in [-0.2, 0) is 6.54 Å². The maximum absolute atomic E-state index is 4.37. The van der Waals surface area contributed by atoms with Crippen LogP contribution >= 0.6 is 0 Å². The number of nitrogens with one attached hydrogen (secondary N) is 1. The van der Waals surface area contributed by atoms with Crippen LogP contribution in [0.25, 0.3) is 11.0 Å². The van der Waals surface area contributed by atoms with Crippen molar-refractivity contribution in [3.05, 3.63) is 30.6 Å². The highest BCUT2D eigenvalue weighted by Gasteiger charge is 2.08. The molecular formula is C13H19N3. The lowest BCUT2D eigenvalue weighted by Crippen LogP contribution is -2.37. The molecule has 3 heteroatoms. The van der Waals surface area contributed by atoms with Crippen LogP contribution in [0.4, 0.5) is 0 Å². The average Bonchev–Trinajstić information content (AvgIpc) is 2.60. The van der Waals surface area contributed by atoms with E-state index in [0.29, 0.717) is 0 Å². The van der Waals surface area contributed by atoms with E-state index in [1.165, 1.54) is 5.52 Å². The van der Waals surface area contributed by atoms with Crippen molar-refractivity contribution in [1.82, 2.24) is 14.9 Å². The maximum atomic E-state index is 4.37. The van der Waals surface area contributed by atoms with Crippen molar-refractivity contribution < 1.29 is 0 Å². The first-order valence-electron chi connectivity index (χ1n) is 5.71. The lowest BCUT2D eigenvalue weighted by atomic mass is 10.1. The molecule has 0 saturated carbocycles. The Labute approximate surface area is 96.5 Å². The Morgan fingerprint density at radius 3 is 2.75 bits per heavy atom. The van der Waals surface area contributed by atoms with E-state index in [1.807, 2.05) is 18.5 Å². The van der Waals surface area contributed by atoms with E-state index in [-0.39, 0.29) is 5.54 Å². The number of aromatic nitrogens is 2. The van der Waals surface area contributed by atoms with E-state index in [0.717, 1.165) is 18.6 Å². The molecule has 1 heterocycles. The molecule has 0 fully saturated rings. The van der Waals surface area contributed by atoms with Crippen molar-refractivity contribution in [3.63, 3.8) is 0 Å². The van der Waals surface area contributed by atoms with Crippen LogP contribution in [0.1, 0.15) is 20.8 Å². The van der Waals surface area contributed by atoms with Gasteiger partial charge in [-0.15, -0.1) is 0 Å². The lowest BCUT2D eigenvalue weighted by molar-refractivity contribution is 0.414. The largest absolute Gasteiger partial charge is 0.329 e. The van der Waals surface area contributed by atoms with Crippen LogP contribution in [0.3, 0.4) is 0 Å². The molecule has 0 unspecified atom stereocenters. The minimum atomic E-state index is 0.177. The van der Waals surface area contributed by atoms with E-state index in [9.17, 15) is 0 Å². The summed E-state index contributed by atoms with van der Waals surface area (Å²) in [4.78, 5) is 4.37. The molecule has 0 amide bonds. The number of hydrogen-bond acceptors (Lipinski definition) is 2. The van der Waals surface area contributed by atoms with Crippen LogP contribution in [-0.4, -0.2) is 21.6 Å². The number of hydrogen-bond donors (Lipinski definition) is 1. The fourth-order valence-corrected chi connectivity index (χ4v) is 1.74. The van der Waals surface area contributed by atoms with Crippen LogP contribution in [0, 0.1) is 0 Å². The Hall–Kier alpha value is -1.35. The van der Waals surface area contributed by atoms with Crippen LogP contribution in [0.5, 0.6) is 0 Å². The fraction of sp³-hybridized carbons (Fsp3) is 0.462. The maximum Gasteiger partial charge on any atom is 0.0958 e. The van der Waals surface area contributed by atoms with E-state index < -0.39 is 0 Å². The standard InChI is InChI=1S/C13H19N3/c1-13(2,3)15-8-9-16-10-14-11-6-4-5-7-12(11)16/h4-7,10,15H,8-9H2,1-3H3. The second kappa shape index (κ2) is 4.26. The van der Waals surface area contributed by atoms with Gasteiger partial charge in [0.1, 0.15) is 0 Å². The van der Waals surface area contributed by atoms with Gasteiger partial charge in [-0.1, -0.05) is 12.1 Å². The smallest absolute Gasteiger partial charge is 0.0958 e. The van der Waals surface area contributed by atoms with E-state index in [1.54, 1.807) is 0 Å². The summed E-state index contributed by atoms with van der Waals surface area (Å²) in [7, 11) is 0. The highest BCUT2D eigenvalue weighted by atomic mass is 15.1. The topological polar surface area (TPSA) is 29.9 Å². The number of nitrogens with zero attached hydrogens (tertiary/aromatic N) is 2. The van der Waals surface area contributed by atoms with Gasteiger partial charge in [-0.25, -0.2) is 4.98 Å². The summed E-state index contributed by atoms with van der Waals surface area (Å²) < 4.78 is 2.19. The summed E-state index contributed by atoms with van der Waals surface area (Å²) in [6.07, 6.45) is 1.91. The van der Waals surface area contributed by atoms with Gasteiger partial charge < -0.3 is 9.88 Å². The predicted octanol–water partition coefficient (Wildman–Crippen LogP) is 2.42. The van der Waals surface area contributed by atoms with Gasteiger partial charge in [0.2, 0.25) is 0 Å². The molecule has 0 aliphatic carbocycles. The van der Waals surface area contributed by atoms with E-state index >= 15 is 0 Å². The molecule has 0 saturated heterocycles. The first-order valence-corrected chi connectivity index (χ1v) is 5.71. The number of imidazole rings is 1. The average molecular weight is 217 g/mol. The fourth-order valence-electron chi connectivity index (χ4n) is 1.74. The van der Waals surface area contributed by atoms with Gasteiger partial charge in [0, 0.05) is 18.6 Å². The molecule has 86 valence electrons. The Bertz CT molecular complexity index is 465. The zero-order chi connectivity index (χ0) is 11.6. The minimum absolute atomic E-state index is 0.177. The highest BCUT2D eigenvalue weighted by Crippen LogP contribution is 2.11. The van der Waals surface area contributed by atoms with E-state index in [2.05, 4.69) is 47.8 Å². The van der Waals surface area contributed by atoms with Crippen molar-refractivity contribution in [2.24, 2.45) is 0 Å². The number of rotatable bonds is 3. The Morgan fingerprint density at radius 2 is 2.00 bits per heavy atom. The lowest BCUT2D eigenvalue weighted by Gasteiger charge is -2.20. The summed E-state index contributed by atoms with van der Waals surface area (Å²) in [6.45, 7) is 8.46. The number of para-hydroxylation sites is 2. The number of benzene rings is 1. The first-order chi connectivity index (χ1) is 7.56. The molecule has 3 nitrogen and oxygen atoms in total. The van der Waals surface area contributed by atoms with Crippen molar-refractivity contribution in [3.8, 4) is 0 Å². The first kappa shape index (κ1) is 11.1. The normalized spacial score (nSPS) is 12.2. The summed E-state index contributed by atoms with van der Waals surface area (Å²) >= 11 is 0. The summed E-state index contributed by atoms with van der Waals surface area (Å²) in [6, 6.07) is 8.23. The Kier molecular flexibility index (Phi) is 2.97. The third-order valence-corrected chi connectivity index (χ3v) is 2.54. The molecule has 0 aliphatic heterocycles. The molecule has 1 aromatic heterocycles. The minimum Gasteiger partial charge on any atom is -0.329 e. The second-order valence-corrected chi connectivity index (χ2v) is 5.10. The van der Waals surface area contributed by atoms with Gasteiger partial charge in [-0.05, 0) is 32.9 Å². The van der Waals surface area contributed by atoms with Crippen molar-refractivity contribution in [2.45, 2.75) is 32.9 Å². The molecule has 2 rings (SSSR count). The quantitative estimate of drug-likeness (QED) is 0.855. The number of fused-ring (bicyclic) bond motifs is 1. The second-order valence-electron chi connectivity index (χ2n) is 5.10. The molecule has 1 N–H and O–H groups in total. The van der Waals surface area contributed by atoms with Crippen molar-refractivity contribution >= 4 is 11.0 Å². The predicted molar refractivity (Wildman–Crippen MR) is 67.5 cm³/mol. The van der Waals surface area contributed by atoms with Gasteiger partial charge in [0.25, 0.3) is 0 Å². The highest BCUT2D eigenvalue weighted by molar-refractivity contribution is 5.74. The zero-order valence-electron chi connectivity index (χ0n) is 10.2. The summed E-state index contributed by atoms with van der Waals surface area (Å²) in [5, 5.41) is 3.48. The third-order valence-electron chi connectivity index (χ3n) is 2.54. The summed E-state index contributed by atoms with van der Waals surface area (Å²) in [5.74, 6) is 0. The molecule has 0 aliphatic rings. The van der Waals surface area contributed by atoms with Gasteiger partial charge in [-0.2, -0.15) is 0 Å². The van der Waals surface area contributed by atoms with Gasteiger partial charge in [-0.3, -0.25) is 0 Å². The third kappa shape index (κ3) is 2.61. The zero-order valence-corrected chi connectivity index (χ0v) is 10.2. The van der Waals surface area contributed by atoms with Crippen molar-refractivity contribution in [1.29, 1.82) is 0 Å². The van der Waals surface area contributed by atoms with Crippen LogP contribution in [0.15, 0.2) is 30.6 Å². The molecule has 16 heavy (non-hydrogen) atoms.